The maximum absolute atomic E-state index is 10.7. The number of hydrogen-bond donors (Lipinski definition) is 1. The molecule has 2 aromatic heterocycles. The van der Waals surface area contributed by atoms with E-state index >= 15 is 0 Å². The molecule has 0 aromatic carbocycles. The average molecular weight is 249 g/mol. The Morgan fingerprint density at radius 2 is 2.35 bits per heavy atom. The third-order valence-corrected chi connectivity index (χ3v) is 3.20. The van der Waals surface area contributed by atoms with E-state index in [1.165, 1.54) is 11.1 Å². The van der Waals surface area contributed by atoms with Crippen molar-refractivity contribution in [1.29, 1.82) is 0 Å². The van der Waals surface area contributed by atoms with Crippen LogP contribution in [0.4, 0.5) is 11.4 Å². The zero-order valence-corrected chi connectivity index (χ0v) is 9.81. The summed E-state index contributed by atoms with van der Waals surface area (Å²) < 4.78 is 0. The van der Waals surface area contributed by atoms with Crippen LogP contribution in [0.25, 0.3) is 0 Å². The van der Waals surface area contributed by atoms with Crippen LogP contribution in [0.2, 0.25) is 0 Å². The molecule has 0 atom stereocenters. The summed E-state index contributed by atoms with van der Waals surface area (Å²) in [5.41, 5.74) is 0.528. The van der Waals surface area contributed by atoms with Crippen LogP contribution in [0.15, 0.2) is 36.0 Å². The number of pyridine rings is 1. The Bertz CT molecular complexity index is 499. The maximum Gasteiger partial charge on any atom is 0.310 e. The van der Waals surface area contributed by atoms with Crippen LogP contribution in [0, 0.1) is 10.1 Å². The van der Waals surface area contributed by atoms with Gasteiger partial charge in [-0.1, -0.05) is 6.07 Å². The molecule has 0 bridgehead atoms. The van der Waals surface area contributed by atoms with Gasteiger partial charge in [0, 0.05) is 17.6 Å². The van der Waals surface area contributed by atoms with Crippen molar-refractivity contribution in [3.63, 3.8) is 0 Å². The molecular formula is C11H11N3O2S. The van der Waals surface area contributed by atoms with Crippen molar-refractivity contribution in [3.05, 3.63) is 51.0 Å². The average Bonchev–Trinajstić information content (AvgIpc) is 2.82. The first-order valence-electron chi connectivity index (χ1n) is 5.12. The van der Waals surface area contributed by atoms with Gasteiger partial charge in [-0.3, -0.25) is 15.1 Å². The molecule has 2 heterocycles. The number of aromatic nitrogens is 1. The molecule has 0 unspecified atom stereocenters. The van der Waals surface area contributed by atoms with E-state index in [-0.39, 0.29) is 5.69 Å². The minimum atomic E-state index is -0.430. The third-order valence-electron chi connectivity index (χ3n) is 2.26. The molecule has 0 aliphatic carbocycles. The van der Waals surface area contributed by atoms with Crippen molar-refractivity contribution in [3.8, 4) is 0 Å². The lowest BCUT2D eigenvalue weighted by molar-refractivity contribution is -0.384. The first-order valence-corrected chi connectivity index (χ1v) is 6.00. The Morgan fingerprint density at radius 3 is 3.06 bits per heavy atom. The fraction of sp³-hybridized carbons (Fsp3) is 0.182. The number of rotatable bonds is 5. The summed E-state index contributed by atoms with van der Waals surface area (Å²) >= 11 is 1.68. The van der Waals surface area contributed by atoms with Gasteiger partial charge in [0.25, 0.3) is 0 Å². The van der Waals surface area contributed by atoms with Gasteiger partial charge in [-0.2, -0.15) is 0 Å². The summed E-state index contributed by atoms with van der Waals surface area (Å²) in [6.45, 7) is 0.672. The molecule has 0 spiro atoms. The van der Waals surface area contributed by atoms with Gasteiger partial charge in [-0.05, 0) is 23.9 Å². The van der Waals surface area contributed by atoms with Gasteiger partial charge in [0.1, 0.15) is 11.9 Å². The monoisotopic (exact) mass is 249 g/mol. The molecular weight excluding hydrogens is 238 g/mol. The molecule has 0 fully saturated rings. The van der Waals surface area contributed by atoms with Gasteiger partial charge in [0.2, 0.25) is 0 Å². The Morgan fingerprint density at radius 1 is 1.47 bits per heavy atom. The molecule has 0 aliphatic rings. The summed E-state index contributed by atoms with van der Waals surface area (Å²) in [5.74, 6) is 0. The van der Waals surface area contributed by atoms with Crippen LogP contribution in [-0.2, 0) is 6.42 Å². The van der Waals surface area contributed by atoms with E-state index in [1.807, 2.05) is 17.5 Å². The van der Waals surface area contributed by atoms with Crippen LogP contribution in [0.3, 0.4) is 0 Å². The number of anilines is 1. The first-order chi connectivity index (χ1) is 8.27. The normalized spacial score (nSPS) is 10.1. The molecule has 17 heavy (non-hydrogen) atoms. The highest BCUT2D eigenvalue weighted by atomic mass is 32.1. The van der Waals surface area contributed by atoms with E-state index < -0.39 is 4.92 Å². The number of thiophene rings is 1. The Kier molecular flexibility index (Phi) is 3.66. The minimum absolute atomic E-state index is 0.0127. The summed E-state index contributed by atoms with van der Waals surface area (Å²) in [6.07, 6.45) is 3.66. The highest BCUT2D eigenvalue weighted by Crippen LogP contribution is 2.21. The predicted octanol–water partition coefficient (Wildman–Crippen LogP) is 2.71. The Balaban J connectivity index is 1.97. The molecule has 0 saturated carbocycles. The summed E-state index contributed by atoms with van der Waals surface area (Å²) in [4.78, 5) is 15.3. The molecule has 88 valence electrons. The topological polar surface area (TPSA) is 68.1 Å². The molecule has 0 aliphatic heterocycles. The summed E-state index contributed by atoms with van der Waals surface area (Å²) in [7, 11) is 0. The second-order valence-electron chi connectivity index (χ2n) is 3.41. The lowest BCUT2D eigenvalue weighted by atomic mass is 10.3. The van der Waals surface area contributed by atoms with Crippen molar-refractivity contribution in [2.45, 2.75) is 6.42 Å². The number of nitrogens with zero attached hydrogens (tertiary/aromatic N) is 2. The molecule has 5 nitrogen and oxygen atoms in total. The predicted molar refractivity (Wildman–Crippen MR) is 67.4 cm³/mol. The van der Waals surface area contributed by atoms with Crippen LogP contribution >= 0.6 is 11.3 Å². The van der Waals surface area contributed by atoms with E-state index in [4.69, 9.17) is 0 Å². The third kappa shape index (κ3) is 3.01. The molecule has 0 saturated heterocycles. The first kappa shape index (κ1) is 11.5. The molecule has 2 aromatic rings. The Hall–Kier alpha value is -1.95. The van der Waals surface area contributed by atoms with E-state index in [9.17, 15) is 10.1 Å². The van der Waals surface area contributed by atoms with E-state index in [2.05, 4.69) is 10.3 Å². The lowest BCUT2D eigenvalue weighted by Crippen LogP contribution is -2.06. The fourth-order valence-corrected chi connectivity index (χ4v) is 2.17. The van der Waals surface area contributed by atoms with Gasteiger partial charge in [0.15, 0.2) is 0 Å². The Labute approximate surface area is 102 Å². The zero-order valence-electron chi connectivity index (χ0n) is 9.00. The van der Waals surface area contributed by atoms with Gasteiger partial charge in [-0.25, -0.2) is 0 Å². The van der Waals surface area contributed by atoms with Crippen molar-refractivity contribution >= 4 is 22.7 Å². The van der Waals surface area contributed by atoms with Crippen molar-refractivity contribution in [2.75, 3.05) is 11.9 Å². The standard InChI is InChI=1S/C11H11N3O2S/c15-14(16)11-8-12-5-4-10(11)13-6-3-9-2-1-7-17-9/h1-2,4-5,7-8H,3,6H2,(H,12,13). The quantitative estimate of drug-likeness (QED) is 0.653. The summed E-state index contributed by atoms with van der Waals surface area (Å²) in [6, 6.07) is 5.66. The van der Waals surface area contributed by atoms with Crippen LogP contribution in [-0.4, -0.2) is 16.5 Å². The number of nitrogens with one attached hydrogen (secondary N) is 1. The number of hydrogen-bond acceptors (Lipinski definition) is 5. The number of nitro groups is 1. The molecule has 0 radical (unpaired) electrons. The highest BCUT2D eigenvalue weighted by Gasteiger charge is 2.12. The minimum Gasteiger partial charge on any atom is -0.379 e. The molecule has 1 N–H and O–H groups in total. The summed E-state index contributed by atoms with van der Waals surface area (Å²) in [5, 5.41) is 15.8. The smallest absolute Gasteiger partial charge is 0.310 e. The zero-order chi connectivity index (χ0) is 12.1. The van der Waals surface area contributed by atoms with Crippen molar-refractivity contribution in [1.82, 2.24) is 4.98 Å². The SMILES string of the molecule is O=[N+]([O-])c1cnccc1NCCc1cccs1. The van der Waals surface area contributed by atoms with Gasteiger partial charge in [0.05, 0.1) is 4.92 Å². The van der Waals surface area contributed by atoms with Crippen LogP contribution in [0.1, 0.15) is 4.88 Å². The van der Waals surface area contributed by atoms with Crippen molar-refractivity contribution < 1.29 is 4.92 Å². The van der Waals surface area contributed by atoms with E-state index in [1.54, 1.807) is 23.6 Å². The molecule has 6 heteroatoms. The second kappa shape index (κ2) is 5.40. The molecule has 0 amide bonds. The van der Waals surface area contributed by atoms with Gasteiger partial charge >= 0.3 is 5.69 Å². The fourth-order valence-electron chi connectivity index (χ4n) is 1.46. The largest absolute Gasteiger partial charge is 0.379 e. The lowest BCUT2D eigenvalue weighted by Gasteiger charge is -2.05. The van der Waals surface area contributed by atoms with Crippen LogP contribution in [0.5, 0.6) is 0 Å². The van der Waals surface area contributed by atoms with E-state index in [0.29, 0.717) is 12.2 Å². The second-order valence-corrected chi connectivity index (χ2v) is 4.44. The van der Waals surface area contributed by atoms with E-state index in [0.717, 1.165) is 6.42 Å². The van der Waals surface area contributed by atoms with Gasteiger partial charge in [-0.15, -0.1) is 11.3 Å². The van der Waals surface area contributed by atoms with Crippen molar-refractivity contribution in [2.24, 2.45) is 0 Å². The molecule has 2 rings (SSSR count). The maximum atomic E-state index is 10.7. The van der Waals surface area contributed by atoms with Gasteiger partial charge < -0.3 is 5.32 Å². The van der Waals surface area contributed by atoms with Crippen LogP contribution < -0.4 is 5.32 Å². The highest BCUT2D eigenvalue weighted by molar-refractivity contribution is 7.09.